The minimum Gasteiger partial charge on any atom is -0.490 e. The van der Waals surface area contributed by atoms with Crippen LogP contribution in [0.1, 0.15) is 25.8 Å². The number of anilines is 2. The number of nitrogens with one attached hydrogen (secondary N) is 3. The summed E-state index contributed by atoms with van der Waals surface area (Å²) in [6.45, 7) is 3.57. The Kier molecular flexibility index (Phi) is 5.91. The van der Waals surface area contributed by atoms with E-state index < -0.39 is 29.9 Å². The summed E-state index contributed by atoms with van der Waals surface area (Å²) >= 11 is 0. The van der Waals surface area contributed by atoms with Crippen molar-refractivity contribution in [2.24, 2.45) is 0 Å². The molecule has 2 aromatic rings. The van der Waals surface area contributed by atoms with E-state index in [1.165, 1.54) is 6.92 Å². The highest BCUT2D eigenvalue weighted by Crippen LogP contribution is 2.36. The first-order chi connectivity index (χ1) is 15.8. The average Bonchev–Trinajstić information content (AvgIpc) is 2.93. The van der Waals surface area contributed by atoms with Gasteiger partial charge in [0.1, 0.15) is 12.1 Å². The van der Waals surface area contributed by atoms with Crippen molar-refractivity contribution in [2.45, 2.75) is 25.8 Å². The standard InChI is InChI=1S/C23H24N4O6/c1-14(28)24-16-5-7-17(8-6-16)25-20(29)13-27-21(30)23(2,26-22(27)31)15-4-9-18-19(12-15)33-11-3-10-32-18/h4-9,12H,3,10-11,13H2,1-2H3,(H,24,28)(H,25,29)(H,26,31)/t23-/m0/s1. The Morgan fingerprint density at radius 3 is 2.30 bits per heavy atom. The Morgan fingerprint density at radius 2 is 1.64 bits per heavy atom. The second-order valence-electron chi connectivity index (χ2n) is 7.97. The summed E-state index contributed by atoms with van der Waals surface area (Å²) in [5.41, 5.74) is 0.232. The van der Waals surface area contributed by atoms with Crippen LogP contribution in [0.4, 0.5) is 16.2 Å². The maximum Gasteiger partial charge on any atom is 0.325 e. The van der Waals surface area contributed by atoms with E-state index in [4.69, 9.17) is 9.47 Å². The minimum atomic E-state index is -1.35. The van der Waals surface area contributed by atoms with Gasteiger partial charge in [-0.3, -0.25) is 19.3 Å². The van der Waals surface area contributed by atoms with Gasteiger partial charge in [0.05, 0.1) is 13.2 Å². The molecule has 0 saturated carbocycles. The van der Waals surface area contributed by atoms with E-state index in [0.717, 1.165) is 11.3 Å². The molecule has 1 atom stereocenters. The Bertz CT molecular complexity index is 1120. The van der Waals surface area contributed by atoms with E-state index in [2.05, 4.69) is 16.0 Å². The summed E-state index contributed by atoms with van der Waals surface area (Å²) in [6, 6.07) is 10.9. The number of carbonyl (C=O) groups is 4. The van der Waals surface area contributed by atoms with Gasteiger partial charge in [0.2, 0.25) is 11.8 Å². The highest BCUT2D eigenvalue weighted by molar-refractivity contribution is 6.10. The van der Waals surface area contributed by atoms with E-state index >= 15 is 0 Å². The molecule has 1 fully saturated rings. The van der Waals surface area contributed by atoms with Gasteiger partial charge in [-0.15, -0.1) is 0 Å². The van der Waals surface area contributed by atoms with Crippen LogP contribution in [0.5, 0.6) is 11.5 Å². The van der Waals surface area contributed by atoms with Crippen LogP contribution in [-0.2, 0) is 19.9 Å². The summed E-state index contributed by atoms with van der Waals surface area (Å²) in [5.74, 6) is -0.196. The third-order valence-corrected chi connectivity index (χ3v) is 5.39. The summed E-state index contributed by atoms with van der Waals surface area (Å²) in [5, 5.41) is 7.96. The average molecular weight is 452 g/mol. The highest BCUT2D eigenvalue weighted by Gasteiger charge is 2.49. The number of nitrogens with zero attached hydrogens (tertiary/aromatic N) is 1. The van der Waals surface area contributed by atoms with Crippen molar-refractivity contribution in [3.8, 4) is 11.5 Å². The molecule has 0 bridgehead atoms. The normalized spacial score (nSPS) is 19.5. The zero-order chi connectivity index (χ0) is 23.6. The molecule has 2 aliphatic heterocycles. The van der Waals surface area contributed by atoms with Crippen LogP contribution >= 0.6 is 0 Å². The molecule has 5 amide bonds. The lowest BCUT2D eigenvalue weighted by atomic mass is 9.91. The number of fused-ring (bicyclic) bond motifs is 1. The number of hydrogen-bond donors (Lipinski definition) is 3. The van der Waals surface area contributed by atoms with Crippen LogP contribution < -0.4 is 25.4 Å². The zero-order valence-electron chi connectivity index (χ0n) is 18.3. The van der Waals surface area contributed by atoms with Gasteiger partial charge in [-0.25, -0.2) is 4.79 Å². The zero-order valence-corrected chi connectivity index (χ0v) is 18.3. The fourth-order valence-electron chi connectivity index (χ4n) is 3.69. The maximum atomic E-state index is 13.2. The van der Waals surface area contributed by atoms with Gasteiger partial charge in [0.25, 0.3) is 5.91 Å². The molecule has 2 aliphatic rings. The van der Waals surface area contributed by atoms with Gasteiger partial charge in [-0.2, -0.15) is 0 Å². The number of amides is 5. The molecule has 10 heteroatoms. The minimum absolute atomic E-state index is 0.207. The Balaban J connectivity index is 1.45. The van der Waals surface area contributed by atoms with Crippen molar-refractivity contribution in [3.05, 3.63) is 48.0 Å². The monoisotopic (exact) mass is 452 g/mol. The Morgan fingerprint density at radius 1 is 1.00 bits per heavy atom. The molecular formula is C23H24N4O6. The van der Waals surface area contributed by atoms with Gasteiger partial charge in [-0.1, -0.05) is 6.07 Å². The predicted octanol–water partition coefficient (Wildman–Crippen LogP) is 2.21. The van der Waals surface area contributed by atoms with Crippen LogP contribution in [0, 0.1) is 0 Å². The quantitative estimate of drug-likeness (QED) is 0.597. The van der Waals surface area contributed by atoms with Crippen LogP contribution in [0.25, 0.3) is 0 Å². The SMILES string of the molecule is CC(=O)Nc1ccc(NC(=O)CN2C(=O)N[C@@](C)(c3ccc4c(c3)OCCCO4)C2=O)cc1. The van der Waals surface area contributed by atoms with E-state index in [9.17, 15) is 19.2 Å². The first-order valence-electron chi connectivity index (χ1n) is 10.5. The van der Waals surface area contributed by atoms with Gasteiger partial charge in [0, 0.05) is 24.7 Å². The van der Waals surface area contributed by atoms with E-state index in [1.54, 1.807) is 49.4 Å². The van der Waals surface area contributed by atoms with Crippen molar-refractivity contribution in [2.75, 3.05) is 30.4 Å². The van der Waals surface area contributed by atoms with Crippen molar-refractivity contribution in [3.63, 3.8) is 0 Å². The number of imide groups is 1. The van der Waals surface area contributed by atoms with Gasteiger partial charge in [-0.05, 0) is 48.9 Å². The number of benzene rings is 2. The van der Waals surface area contributed by atoms with Crippen LogP contribution in [0.3, 0.4) is 0 Å². The molecule has 1 saturated heterocycles. The summed E-state index contributed by atoms with van der Waals surface area (Å²) in [7, 11) is 0. The molecule has 0 aliphatic carbocycles. The fraction of sp³-hybridized carbons (Fsp3) is 0.304. The molecule has 0 unspecified atom stereocenters. The molecule has 0 spiro atoms. The van der Waals surface area contributed by atoms with Gasteiger partial charge in [0.15, 0.2) is 11.5 Å². The van der Waals surface area contributed by atoms with Crippen molar-refractivity contribution in [1.82, 2.24) is 10.2 Å². The number of urea groups is 1. The largest absolute Gasteiger partial charge is 0.490 e. The summed E-state index contributed by atoms with van der Waals surface area (Å²) in [6.07, 6.45) is 0.746. The van der Waals surface area contributed by atoms with Crippen LogP contribution in [0.15, 0.2) is 42.5 Å². The van der Waals surface area contributed by atoms with E-state index in [1.807, 2.05) is 0 Å². The number of rotatable bonds is 5. The lowest BCUT2D eigenvalue weighted by molar-refractivity contribution is -0.133. The summed E-state index contributed by atoms with van der Waals surface area (Å²) < 4.78 is 11.3. The second kappa shape index (κ2) is 8.81. The third kappa shape index (κ3) is 4.59. The molecule has 4 rings (SSSR count). The Labute approximate surface area is 190 Å². The van der Waals surface area contributed by atoms with E-state index in [0.29, 0.717) is 41.7 Å². The molecule has 0 radical (unpaired) electrons. The molecule has 3 N–H and O–H groups in total. The van der Waals surface area contributed by atoms with Crippen molar-refractivity contribution >= 4 is 35.1 Å². The van der Waals surface area contributed by atoms with Crippen LogP contribution in [0.2, 0.25) is 0 Å². The topological polar surface area (TPSA) is 126 Å². The van der Waals surface area contributed by atoms with Gasteiger partial charge >= 0.3 is 6.03 Å². The lowest BCUT2D eigenvalue weighted by Crippen LogP contribution is -2.42. The molecule has 0 aromatic heterocycles. The van der Waals surface area contributed by atoms with Crippen molar-refractivity contribution in [1.29, 1.82) is 0 Å². The number of carbonyl (C=O) groups excluding carboxylic acids is 4. The highest BCUT2D eigenvalue weighted by atomic mass is 16.5. The Hall–Kier alpha value is -4.08. The molecule has 33 heavy (non-hydrogen) atoms. The number of hydrogen-bond acceptors (Lipinski definition) is 6. The van der Waals surface area contributed by atoms with Gasteiger partial charge < -0.3 is 25.4 Å². The lowest BCUT2D eigenvalue weighted by Gasteiger charge is -2.23. The molecule has 2 aromatic carbocycles. The molecular weight excluding hydrogens is 428 g/mol. The third-order valence-electron chi connectivity index (χ3n) is 5.39. The molecule has 10 nitrogen and oxygen atoms in total. The van der Waals surface area contributed by atoms with Crippen LogP contribution in [-0.4, -0.2) is 48.4 Å². The maximum absolute atomic E-state index is 13.2. The first kappa shape index (κ1) is 22.1. The predicted molar refractivity (Wildman–Crippen MR) is 119 cm³/mol. The van der Waals surface area contributed by atoms with E-state index in [-0.39, 0.29) is 5.91 Å². The molecule has 172 valence electrons. The fourth-order valence-corrected chi connectivity index (χ4v) is 3.69. The smallest absolute Gasteiger partial charge is 0.325 e. The molecule has 2 heterocycles. The summed E-state index contributed by atoms with van der Waals surface area (Å²) in [4.78, 5) is 50.2. The van der Waals surface area contributed by atoms with Crippen molar-refractivity contribution < 1.29 is 28.7 Å². The first-order valence-corrected chi connectivity index (χ1v) is 10.5. The second-order valence-corrected chi connectivity index (χ2v) is 7.97. The number of ether oxygens (including phenoxy) is 2.